The van der Waals surface area contributed by atoms with E-state index in [1.165, 1.54) is 4.31 Å². The van der Waals surface area contributed by atoms with E-state index in [9.17, 15) is 8.42 Å². The number of nitrogens with zero attached hydrogens (tertiary/aromatic N) is 2. The first-order chi connectivity index (χ1) is 7.59. The SMILES string of the molecule is CCC(C#N)S(=O)(=O)N1CC2CNCC2C1. The van der Waals surface area contributed by atoms with Crippen molar-refractivity contribution < 1.29 is 8.42 Å². The molecule has 0 aliphatic carbocycles. The standard InChI is InChI=1S/C10H17N3O2S/c1-2-10(3-11)16(14,15)13-6-8-4-12-5-9(8)7-13/h8-10,12H,2,4-7H2,1H3. The lowest BCUT2D eigenvalue weighted by Gasteiger charge is -2.19. The van der Waals surface area contributed by atoms with E-state index in [1.807, 2.05) is 6.07 Å². The summed E-state index contributed by atoms with van der Waals surface area (Å²) in [5.74, 6) is 0.872. The highest BCUT2D eigenvalue weighted by Gasteiger charge is 2.43. The van der Waals surface area contributed by atoms with Crippen LogP contribution in [0.3, 0.4) is 0 Å². The maximum absolute atomic E-state index is 12.1. The fraction of sp³-hybridized carbons (Fsp3) is 0.900. The minimum atomic E-state index is -3.40. The lowest BCUT2D eigenvalue weighted by molar-refractivity contribution is 0.442. The fourth-order valence-corrected chi connectivity index (χ4v) is 4.28. The fourth-order valence-electron chi connectivity index (χ4n) is 2.57. The van der Waals surface area contributed by atoms with Crippen LogP contribution in [0.25, 0.3) is 0 Å². The summed E-state index contributed by atoms with van der Waals surface area (Å²) in [5, 5.41) is 11.2. The summed E-state index contributed by atoms with van der Waals surface area (Å²) < 4.78 is 25.7. The molecule has 6 heteroatoms. The first kappa shape index (κ1) is 11.8. The first-order valence-electron chi connectivity index (χ1n) is 5.69. The molecule has 3 unspecified atom stereocenters. The smallest absolute Gasteiger partial charge is 0.230 e. The maximum Gasteiger partial charge on any atom is 0.230 e. The number of rotatable bonds is 3. The summed E-state index contributed by atoms with van der Waals surface area (Å²) in [7, 11) is -3.40. The van der Waals surface area contributed by atoms with E-state index in [-0.39, 0.29) is 0 Å². The molecule has 2 heterocycles. The van der Waals surface area contributed by atoms with Crippen molar-refractivity contribution in [3.63, 3.8) is 0 Å². The minimum absolute atomic E-state index is 0.364. The van der Waals surface area contributed by atoms with Crippen LogP contribution >= 0.6 is 0 Å². The second-order valence-electron chi connectivity index (χ2n) is 4.57. The Balaban J connectivity index is 2.12. The summed E-state index contributed by atoms with van der Waals surface area (Å²) in [6.45, 7) is 4.71. The van der Waals surface area contributed by atoms with Crippen molar-refractivity contribution in [2.24, 2.45) is 11.8 Å². The van der Waals surface area contributed by atoms with Gasteiger partial charge in [0.1, 0.15) is 0 Å². The van der Waals surface area contributed by atoms with E-state index in [0.29, 0.717) is 31.3 Å². The van der Waals surface area contributed by atoms with Gasteiger partial charge in [-0.25, -0.2) is 12.7 Å². The van der Waals surface area contributed by atoms with E-state index >= 15 is 0 Å². The van der Waals surface area contributed by atoms with Gasteiger partial charge in [-0.3, -0.25) is 0 Å². The highest BCUT2D eigenvalue weighted by Crippen LogP contribution is 2.29. The third kappa shape index (κ3) is 1.83. The van der Waals surface area contributed by atoms with Gasteiger partial charge in [0.15, 0.2) is 5.25 Å². The number of sulfonamides is 1. The highest BCUT2D eigenvalue weighted by molar-refractivity contribution is 7.90. The Bertz CT molecular complexity index is 389. The molecule has 2 saturated heterocycles. The van der Waals surface area contributed by atoms with Crippen molar-refractivity contribution in [3.05, 3.63) is 0 Å². The van der Waals surface area contributed by atoms with Gasteiger partial charge in [-0.2, -0.15) is 5.26 Å². The van der Waals surface area contributed by atoms with Gasteiger partial charge in [-0.05, 0) is 31.3 Å². The lowest BCUT2D eigenvalue weighted by atomic mass is 10.0. The average Bonchev–Trinajstić information content (AvgIpc) is 2.77. The predicted molar refractivity (Wildman–Crippen MR) is 60.0 cm³/mol. The van der Waals surface area contributed by atoms with Crippen LogP contribution in [0, 0.1) is 23.2 Å². The Morgan fingerprint density at radius 2 is 2.00 bits per heavy atom. The Morgan fingerprint density at radius 1 is 1.44 bits per heavy atom. The molecule has 3 atom stereocenters. The Labute approximate surface area is 96.5 Å². The summed E-state index contributed by atoms with van der Waals surface area (Å²) >= 11 is 0. The van der Waals surface area contributed by atoms with Gasteiger partial charge in [0.25, 0.3) is 0 Å². The number of fused-ring (bicyclic) bond motifs is 1. The normalized spacial score (nSPS) is 32.2. The number of hydrogen-bond donors (Lipinski definition) is 1. The van der Waals surface area contributed by atoms with Crippen LogP contribution in [-0.2, 0) is 10.0 Å². The molecule has 0 amide bonds. The summed E-state index contributed by atoms with van der Waals surface area (Å²) in [6.07, 6.45) is 0.364. The third-order valence-electron chi connectivity index (χ3n) is 3.59. The van der Waals surface area contributed by atoms with E-state index in [0.717, 1.165) is 13.1 Å². The molecule has 2 fully saturated rings. The molecular weight excluding hydrogens is 226 g/mol. The van der Waals surface area contributed by atoms with Gasteiger partial charge < -0.3 is 5.32 Å². The summed E-state index contributed by atoms with van der Waals surface area (Å²) in [5.41, 5.74) is 0. The van der Waals surface area contributed by atoms with Gasteiger partial charge in [0.05, 0.1) is 6.07 Å². The van der Waals surface area contributed by atoms with Crippen LogP contribution in [0.15, 0.2) is 0 Å². The second kappa shape index (κ2) is 4.32. The van der Waals surface area contributed by atoms with Crippen molar-refractivity contribution in [1.82, 2.24) is 9.62 Å². The quantitative estimate of drug-likeness (QED) is 0.743. The number of nitriles is 1. The molecule has 0 radical (unpaired) electrons. The Hall–Kier alpha value is -0.640. The van der Waals surface area contributed by atoms with Crippen molar-refractivity contribution in [1.29, 1.82) is 5.26 Å². The van der Waals surface area contributed by atoms with Crippen molar-refractivity contribution in [3.8, 4) is 6.07 Å². The van der Waals surface area contributed by atoms with Crippen LogP contribution in [0.4, 0.5) is 0 Å². The van der Waals surface area contributed by atoms with E-state index in [4.69, 9.17) is 5.26 Å². The Morgan fingerprint density at radius 3 is 2.44 bits per heavy atom. The molecule has 2 rings (SSSR count). The van der Waals surface area contributed by atoms with Gasteiger partial charge in [-0.15, -0.1) is 0 Å². The molecule has 90 valence electrons. The second-order valence-corrected chi connectivity index (χ2v) is 6.68. The predicted octanol–water partition coefficient (Wildman–Crippen LogP) is -0.230. The maximum atomic E-state index is 12.1. The molecule has 0 aromatic rings. The summed E-state index contributed by atoms with van der Waals surface area (Å²) in [6, 6.07) is 1.89. The van der Waals surface area contributed by atoms with E-state index in [1.54, 1.807) is 6.92 Å². The van der Waals surface area contributed by atoms with Gasteiger partial charge in [0.2, 0.25) is 10.0 Å². The van der Waals surface area contributed by atoms with Crippen LogP contribution in [0.1, 0.15) is 13.3 Å². The molecule has 0 spiro atoms. The number of hydrogen-bond acceptors (Lipinski definition) is 4. The zero-order valence-electron chi connectivity index (χ0n) is 9.39. The molecule has 5 nitrogen and oxygen atoms in total. The van der Waals surface area contributed by atoms with Gasteiger partial charge >= 0.3 is 0 Å². The number of nitrogens with one attached hydrogen (secondary N) is 1. The van der Waals surface area contributed by atoms with Crippen LogP contribution in [0.5, 0.6) is 0 Å². The van der Waals surface area contributed by atoms with E-state index in [2.05, 4.69) is 5.32 Å². The first-order valence-corrected chi connectivity index (χ1v) is 7.19. The molecular formula is C10H17N3O2S. The average molecular weight is 243 g/mol. The third-order valence-corrected chi connectivity index (χ3v) is 5.77. The zero-order valence-corrected chi connectivity index (χ0v) is 10.2. The molecule has 2 aliphatic heterocycles. The Kier molecular flexibility index (Phi) is 3.19. The monoisotopic (exact) mass is 243 g/mol. The van der Waals surface area contributed by atoms with E-state index < -0.39 is 15.3 Å². The largest absolute Gasteiger partial charge is 0.316 e. The lowest BCUT2D eigenvalue weighted by Crippen LogP contribution is -2.38. The van der Waals surface area contributed by atoms with Crippen LogP contribution in [0.2, 0.25) is 0 Å². The van der Waals surface area contributed by atoms with Gasteiger partial charge in [0, 0.05) is 13.1 Å². The molecule has 1 N–H and O–H groups in total. The molecule has 0 bridgehead atoms. The van der Waals surface area contributed by atoms with Crippen molar-refractivity contribution >= 4 is 10.0 Å². The minimum Gasteiger partial charge on any atom is -0.316 e. The molecule has 0 saturated carbocycles. The molecule has 0 aromatic heterocycles. The molecule has 2 aliphatic rings. The summed E-state index contributed by atoms with van der Waals surface area (Å²) in [4.78, 5) is 0. The topological polar surface area (TPSA) is 73.2 Å². The van der Waals surface area contributed by atoms with Gasteiger partial charge in [-0.1, -0.05) is 6.92 Å². The molecule has 16 heavy (non-hydrogen) atoms. The van der Waals surface area contributed by atoms with Crippen molar-refractivity contribution in [2.75, 3.05) is 26.2 Å². The zero-order chi connectivity index (χ0) is 11.8. The van der Waals surface area contributed by atoms with Crippen LogP contribution < -0.4 is 5.32 Å². The highest BCUT2D eigenvalue weighted by atomic mass is 32.2. The molecule has 0 aromatic carbocycles. The van der Waals surface area contributed by atoms with Crippen LogP contribution in [-0.4, -0.2) is 44.2 Å². The van der Waals surface area contributed by atoms with Crippen molar-refractivity contribution in [2.45, 2.75) is 18.6 Å².